The van der Waals surface area contributed by atoms with Crippen LogP contribution >= 0.6 is 6.42 Å². The minimum Gasteiger partial charge on any atom is -0.325 e. The van der Waals surface area contributed by atoms with E-state index in [0.29, 0.717) is 0 Å². The van der Waals surface area contributed by atoms with Gasteiger partial charge in [-0.2, -0.15) is 0 Å². The van der Waals surface area contributed by atoms with Crippen molar-refractivity contribution in [3.05, 3.63) is 0 Å². The summed E-state index contributed by atoms with van der Waals surface area (Å²) in [4.78, 5) is 6.61. The van der Waals surface area contributed by atoms with Crippen LogP contribution in [0.5, 0.6) is 0 Å². The van der Waals surface area contributed by atoms with Crippen molar-refractivity contribution in [2.24, 2.45) is 4.88 Å². The molecular weight excluding hydrogens is 205 g/mol. The van der Waals surface area contributed by atoms with Crippen LogP contribution in [0.1, 0.15) is 32.1 Å². The average Bonchev–Trinajstić information content (AvgIpc) is 2.04. The molecule has 1 fully saturated rings. The first-order chi connectivity index (χ1) is 6.14. The molecule has 74 valence electrons. The van der Waals surface area contributed by atoms with E-state index in [1.807, 2.05) is 0 Å². The lowest BCUT2D eigenvalue weighted by atomic mass is 9.98. The van der Waals surface area contributed by atoms with Crippen LogP contribution in [0, 0.1) is 5.53 Å². The fourth-order valence-corrected chi connectivity index (χ4v) is 2.99. The Hall–Kier alpha value is -0.0800. The molecule has 1 aliphatic carbocycles. The van der Waals surface area contributed by atoms with E-state index >= 15 is 0 Å². The van der Waals surface area contributed by atoms with Gasteiger partial charge in [0.1, 0.15) is 5.53 Å². The first kappa shape index (κ1) is 11.0. The summed E-state index contributed by atoms with van der Waals surface area (Å²) in [6.07, 6.45) is 4.01. The second-order valence-corrected chi connectivity index (χ2v) is 7.39. The molecular formula is C7H15N3OPS+. The van der Waals surface area contributed by atoms with Crippen molar-refractivity contribution < 1.29 is 4.52 Å². The maximum atomic E-state index is 6.62. The minimum atomic E-state index is -2.16. The molecule has 0 bridgehead atoms. The molecule has 1 unspecified atom stereocenters. The van der Waals surface area contributed by atoms with Crippen molar-refractivity contribution in [3.8, 4) is 0 Å². The van der Waals surface area contributed by atoms with Crippen LogP contribution in [0.2, 0.25) is 0 Å². The van der Waals surface area contributed by atoms with E-state index in [9.17, 15) is 0 Å². The Balaban J connectivity index is 2.46. The molecule has 0 heterocycles. The Kier molecular flexibility index (Phi) is 4.20. The van der Waals surface area contributed by atoms with Gasteiger partial charge in [0.05, 0.1) is 6.10 Å². The average molecular weight is 220 g/mol. The zero-order chi connectivity index (χ0) is 9.73. The molecule has 1 N–H and O–H groups in total. The van der Waals surface area contributed by atoms with Gasteiger partial charge in [-0.15, -0.1) is 0 Å². The number of hydrogen-bond donors (Lipinski definition) is 1. The summed E-state index contributed by atoms with van der Waals surface area (Å²) >= 11 is 5.13. The quantitative estimate of drug-likeness (QED) is 0.451. The highest BCUT2D eigenvalue weighted by Gasteiger charge is 2.23. The van der Waals surface area contributed by atoms with Crippen LogP contribution in [0.3, 0.4) is 0 Å². The molecule has 0 saturated heterocycles. The minimum absolute atomic E-state index is 0.259. The Labute approximate surface area is 83.4 Å². The fourth-order valence-electron chi connectivity index (χ4n) is 1.55. The normalized spacial score (nSPS) is 23.2. The topological polar surface area (TPSA) is 59.5 Å². The highest BCUT2D eigenvalue weighted by atomic mass is 32.4. The number of nitrogens with zero attached hydrogens (tertiary/aromatic N) is 2. The van der Waals surface area contributed by atoms with Crippen molar-refractivity contribution in [2.75, 3.05) is 6.66 Å². The number of rotatable bonds is 3. The molecule has 0 aromatic rings. The van der Waals surface area contributed by atoms with E-state index in [4.69, 9.17) is 21.9 Å². The largest absolute Gasteiger partial charge is 0.325 e. The first-order valence-corrected chi connectivity index (χ1v) is 7.61. The van der Waals surface area contributed by atoms with Gasteiger partial charge in [-0.3, -0.25) is 0 Å². The second kappa shape index (κ2) is 4.97. The molecule has 0 aromatic carbocycles. The van der Waals surface area contributed by atoms with Crippen LogP contribution < -0.4 is 4.91 Å². The zero-order valence-electron chi connectivity index (χ0n) is 7.77. The van der Waals surface area contributed by atoms with Crippen molar-refractivity contribution in [1.82, 2.24) is 4.91 Å². The summed E-state index contributed by atoms with van der Waals surface area (Å²) in [6, 6.07) is 0. The van der Waals surface area contributed by atoms with Crippen LogP contribution in [-0.2, 0) is 16.3 Å². The highest BCUT2D eigenvalue weighted by Crippen LogP contribution is 2.47. The molecule has 4 nitrogen and oxygen atoms in total. The van der Waals surface area contributed by atoms with Crippen molar-refractivity contribution in [1.29, 1.82) is 5.53 Å². The number of hydrogen-bond acceptors (Lipinski definition) is 3. The molecule has 6 heteroatoms. The van der Waals surface area contributed by atoms with Gasteiger partial charge >= 0.3 is 0 Å². The van der Waals surface area contributed by atoms with Crippen molar-refractivity contribution >= 4 is 18.2 Å². The SMILES string of the molecule is CP(=S)(N=[N+]=N)OC1CCCCC1. The van der Waals surface area contributed by atoms with Crippen LogP contribution in [-0.4, -0.2) is 12.8 Å². The molecule has 1 atom stereocenters. The van der Waals surface area contributed by atoms with E-state index in [1.54, 1.807) is 6.66 Å². The lowest BCUT2D eigenvalue weighted by Gasteiger charge is -2.22. The van der Waals surface area contributed by atoms with Gasteiger partial charge in [0.25, 0.3) is 6.42 Å². The molecule has 1 aliphatic rings. The maximum Gasteiger partial charge on any atom is 0.262 e. The lowest BCUT2D eigenvalue weighted by molar-refractivity contribution is 0.172. The van der Waals surface area contributed by atoms with Crippen LogP contribution in [0.25, 0.3) is 0 Å². The molecule has 0 spiro atoms. The maximum absolute atomic E-state index is 6.62. The third-order valence-electron chi connectivity index (χ3n) is 2.10. The Morgan fingerprint density at radius 1 is 1.46 bits per heavy atom. The lowest BCUT2D eigenvalue weighted by Crippen LogP contribution is -2.14. The summed E-state index contributed by atoms with van der Waals surface area (Å²) < 4.78 is 5.66. The predicted molar refractivity (Wildman–Crippen MR) is 55.4 cm³/mol. The molecule has 0 aromatic heterocycles. The highest BCUT2D eigenvalue weighted by molar-refractivity contribution is 8.11. The van der Waals surface area contributed by atoms with Crippen molar-refractivity contribution in [2.45, 2.75) is 38.2 Å². The first-order valence-electron chi connectivity index (χ1n) is 4.49. The van der Waals surface area contributed by atoms with Crippen LogP contribution in [0.15, 0.2) is 4.88 Å². The molecule has 0 radical (unpaired) electrons. The Morgan fingerprint density at radius 3 is 2.62 bits per heavy atom. The van der Waals surface area contributed by atoms with E-state index in [1.165, 1.54) is 19.3 Å². The van der Waals surface area contributed by atoms with E-state index < -0.39 is 6.42 Å². The third kappa shape index (κ3) is 4.10. The van der Waals surface area contributed by atoms with E-state index in [0.717, 1.165) is 12.8 Å². The Morgan fingerprint density at radius 2 is 2.08 bits per heavy atom. The summed E-state index contributed by atoms with van der Waals surface area (Å²) in [6.45, 7) is 1.77. The molecule has 1 saturated carbocycles. The Bertz CT molecular complexity index is 258. The van der Waals surface area contributed by atoms with Gasteiger partial charge in [-0.05, 0) is 24.6 Å². The van der Waals surface area contributed by atoms with Gasteiger partial charge in [-0.25, -0.2) is 0 Å². The van der Waals surface area contributed by atoms with Crippen molar-refractivity contribution in [3.63, 3.8) is 0 Å². The monoisotopic (exact) mass is 220 g/mol. The van der Waals surface area contributed by atoms with Crippen LogP contribution in [0.4, 0.5) is 0 Å². The third-order valence-corrected chi connectivity index (χ3v) is 3.69. The summed E-state index contributed by atoms with van der Waals surface area (Å²) in [5.41, 5.74) is 6.62. The predicted octanol–water partition coefficient (Wildman–Crippen LogP) is 2.83. The fraction of sp³-hybridized carbons (Fsp3) is 1.00. The van der Waals surface area contributed by atoms with Gasteiger partial charge < -0.3 is 4.52 Å². The van der Waals surface area contributed by atoms with Gasteiger partial charge in [-0.1, -0.05) is 19.3 Å². The van der Waals surface area contributed by atoms with Gasteiger partial charge in [0.2, 0.25) is 4.91 Å². The summed E-state index contributed by atoms with van der Waals surface area (Å²) in [5.74, 6) is 0. The second-order valence-electron chi connectivity index (χ2n) is 3.36. The standard InChI is InChI=1S/C7H15N3OPS/c1-12(13,10-9-8)11-7-5-3-2-4-6-7/h7-8H,2-6H2,1H3/q+1. The molecule has 13 heavy (non-hydrogen) atoms. The molecule has 0 aliphatic heterocycles. The smallest absolute Gasteiger partial charge is 0.262 e. The number of nitrogens with one attached hydrogen (secondary N) is 1. The molecule has 1 rings (SSSR count). The molecule has 0 amide bonds. The van der Waals surface area contributed by atoms with E-state index in [-0.39, 0.29) is 6.10 Å². The zero-order valence-corrected chi connectivity index (χ0v) is 9.48. The summed E-state index contributed by atoms with van der Waals surface area (Å²) in [5, 5.41) is 0. The summed E-state index contributed by atoms with van der Waals surface area (Å²) in [7, 11) is 0. The van der Waals surface area contributed by atoms with E-state index in [2.05, 4.69) is 9.80 Å². The van der Waals surface area contributed by atoms with Gasteiger partial charge in [0.15, 0.2) is 4.88 Å². The van der Waals surface area contributed by atoms with Gasteiger partial charge in [0, 0.05) is 6.66 Å².